The number of aliphatic hydroxyl groups is 1. The summed E-state index contributed by atoms with van der Waals surface area (Å²) in [5.41, 5.74) is 0. The maximum atomic E-state index is 9.33. The molecule has 0 spiro atoms. The van der Waals surface area contributed by atoms with E-state index >= 15 is 0 Å². The zero-order chi connectivity index (χ0) is 15.9. The number of piperazine rings is 1. The van der Waals surface area contributed by atoms with Gasteiger partial charge in [-0.3, -0.25) is 9.80 Å². The smallest absolute Gasteiger partial charge is 0.129 e. The van der Waals surface area contributed by atoms with Gasteiger partial charge in [-0.15, -0.1) is 0 Å². The first-order valence-electron chi connectivity index (χ1n) is 8.26. The van der Waals surface area contributed by atoms with Crippen molar-refractivity contribution >= 4 is 0 Å². The van der Waals surface area contributed by atoms with Crippen molar-refractivity contribution < 1.29 is 14.3 Å². The van der Waals surface area contributed by atoms with Gasteiger partial charge < -0.3 is 14.3 Å². The number of ether oxygens (including phenoxy) is 1. The Kier molecular flexibility index (Phi) is 6.89. The van der Waals surface area contributed by atoms with Gasteiger partial charge in [-0.05, 0) is 24.5 Å². The van der Waals surface area contributed by atoms with Crippen molar-refractivity contribution in [2.45, 2.75) is 39.5 Å². The van der Waals surface area contributed by atoms with E-state index in [4.69, 9.17) is 9.15 Å². The van der Waals surface area contributed by atoms with E-state index in [1.165, 1.54) is 0 Å². The number of hydrogen-bond acceptors (Lipinski definition) is 5. The van der Waals surface area contributed by atoms with Crippen molar-refractivity contribution in [3.63, 3.8) is 0 Å². The molecule has 22 heavy (non-hydrogen) atoms. The molecule has 0 saturated carbocycles. The van der Waals surface area contributed by atoms with Gasteiger partial charge in [0.05, 0.1) is 6.54 Å². The van der Waals surface area contributed by atoms with Gasteiger partial charge in [0.15, 0.2) is 0 Å². The molecule has 1 fully saturated rings. The lowest BCUT2D eigenvalue weighted by atomic mass is 10.1. The Morgan fingerprint density at radius 3 is 2.77 bits per heavy atom. The van der Waals surface area contributed by atoms with Crippen molar-refractivity contribution in [3.05, 3.63) is 23.7 Å². The summed E-state index contributed by atoms with van der Waals surface area (Å²) in [7, 11) is 1.68. The molecule has 0 amide bonds. The van der Waals surface area contributed by atoms with E-state index < -0.39 is 0 Å². The normalized spacial score (nSPS) is 20.9. The Morgan fingerprint density at radius 2 is 2.09 bits per heavy atom. The van der Waals surface area contributed by atoms with Crippen LogP contribution in [0.1, 0.15) is 31.8 Å². The molecular formula is C17H30N2O3. The van der Waals surface area contributed by atoms with Crippen molar-refractivity contribution in [2.24, 2.45) is 5.92 Å². The molecule has 126 valence electrons. The van der Waals surface area contributed by atoms with Gasteiger partial charge in [-0.2, -0.15) is 0 Å². The Labute approximate surface area is 133 Å². The monoisotopic (exact) mass is 310 g/mol. The second kappa shape index (κ2) is 8.67. The molecule has 1 aliphatic rings. The molecule has 0 aromatic carbocycles. The summed E-state index contributed by atoms with van der Waals surface area (Å²) < 4.78 is 10.9. The van der Waals surface area contributed by atoms with Crippen LogP contribution < -0.4 is 0 Å². The van der Waals surface area contributed by atoms with Crippen LogP contribution in [0, 0.1) is 5.92 Å². The Morgan fingerprint density at radius 1 is 1.32 bits per heavy atom. The minimum absolute atomic E-state index is 0.256. The third-order valence-electron chi connectivity index (χ3n) is 4.13. The highest BCUT2D eigenvalue weighted by Crippen LogP contribution is 2.18. The van der Waals surface area contributed by atoms with Crippen LogP contribution in [0.25, 0.3) is 0 Å². The maximum Gasteiger partial charge on any atom is 0.129 e. The second-order valence-electron chi connectivity index (χ2n) is 6.59. The summed E-state index contributed by atoms with van der Waals surface area (Å²) in [6.07, 6.45) is 0.844. The van der Waals surface area contributed by atoms with Gasteiger partial charge in [0.25, 0.3) is 0 Å². The van der Waals surface area contributed by atoms with E-state index in [-0.39, 0.29) is 6.61 Å². The Hall–Kier alpha value is -0.880. The predicted molar refractivity (Wildman–Crippen MR) is 86.6 cm³/mol. The van der Waals surface area contributed by atoms with Gasteiger partial charge in [0.1, 0.15) is 18.1 Å². The molecule has 0 unspecified atom stereocenters. The first-order chi connectivity index (χ1) is 10.6. The molecule has 1 atom stereocenters. The molecule has 1 N–H and O–H groups in total. The van der Waals surface area contributed by atoms with Gasteiger partial charge in [-0.1, -0.05) is 13.8 Å². The van der Waals surface area contributed by atoms with E-state index in [0.717, 1.165) is 50.7 Å². The highest BCUT2D eigenvalue weighted by molar-refractivity contribution is 5.06. The Balaban J connectivity index is 1.90. The third-order valence-corrected chi connectivity index (χ3v) is 4.13. The van der Waals surface area contributed by atoms with E-state index in [1.807, 2.05) is 12.1 Å². The molecular weight excluding hydrogens is 280 g/mol. The first-order valence-corrected chi connectivity index (χ1v) is 8.26. The van der Waals surface area contributed by atoms with Crippen molar-refractivity contribution in [1.82, 2.24) is 9.80 Å². The minimum atomic E-state index is 0.256. The zero-order valence-corrected chi connectivity index (χ0v) is 14.1. The molecule has 5 nitrogen and oxygen atoms in total. The molecule has 2 rings (SSSR count). The number of nitrogens with zero attached hydrogens (tertiary/aromatic N) is 2. The van der Waals surface area contributed by atoms with E-state index in [0.29, 0.717) is 18.6 Å². The molecule has 0 aliphatic carbocycles. The minimum Gasteiger partial charge on any atom is -0.462 e. The van der Waals surface area contributed by atoms with Crippen LogP contribution in [-0.2, 0) is 17.9 Å². The fraction of sp³-hybridized carbons (Fsp3) is 0.765. The molecule has 2 heterocycles. The predicted octanol–water partition coefficient (Wildman–Crippen LogP) is 1.95. The fourth-order valence-electron chi connectivity index (χ4n) is 3.18. The topological polar surface area (TPSA) is 49.1 Å². The standard InChI is InChI=1S/C17H30N2O3/c1-14(2)10-19-8-7-18(11-15(19)6-9-20)12-16-4-5-17(22-16)13-21-3/h4-5,14-15,20H,6-13H2,1-3H3/t15-/m1/s1. The molecule has 1 aliphatic heterocycles. The lowest BCUT2D eigenvalue weighted by Gasteiger charge is -2.42. The van der Waals surface area contributed by atoms with Crippen molar-refractivity contribution in [2.75, 3.05) is 39.9 Å². The van der Waals surface area contributed by atoms with Crippen LogP contribution in [0.4, 0.5) is 0 Å². The molecule has 1 saturated heterocycles. The highest BCUT2D eigenvalue weighted by atomic mass is 16.5. The number of rotatable bonds is 8. The van der Waals surface area contributed by atoms with Gasteiger partial charge in [0.2, 0.25) is 0 Å². The Bertz CT molecular complexity index is 433. The molecule has 0 bridgehead atoms. The van der Waals surface area contributed by atoms with Gasteiger partial charge in [0, 0.05) is 45.9 Å². The zero-order valence-electron chi connectivity index (χ0n) is 14.1. The maximum absolute atomic E-state index is 9.33. The molecule has 5 heteroatoms. The van der Waals surface area contributed by atoms with Crippen LogP contribution in [0.3, 0.4) is 0 Å². The molecule has 1 aromatic heterocycles. The van der Waals surface area contributed by atoms with E-state index in [2.05, 4.69) is 23.6 Å². The third kappa shape index (κ3) is 5.09. The number of aliphatic hydroxyl groups excluding tert-OH is 1. The molecule has 0 radical (unpaired) electrons. The number of furan rings is 1. The number of methoxy groups -OCH3 is 1. The van der Waals surface area contributed by atoms with Gasteiger partial charge in [-0.25, -0.2) is 0 Å². The van der Waals surface area contributed by atoms with Crippen LogP contribution in [0.2, 0.25) is 0 Å². The molecule has 1 aromatic rings. The summed E-state index contributed by atoms with van der Waals surface area (Å²) in [5, 5.41) is 9.33. The quantitative estimate of drug-likeness (QED) is 0.795. The summed E-state index contributed by atoms with van der Waals surface area (Å²) in [4.78, 5) is 4.95. The van der Waals surface area contributed by atoms with Gasteiger partial charge >= 0.3 is 0 Å². The van der Waals surface area contributed by atoms with Crippen molar-refractivity contribution in [1.29, 1.82) is 0 Å². The van der Waals surface area contributed by atoms with E-state index in [9.17, 15) is 5.11 Å². The van der Waals surface area contributed by atoms with Crippen LogP contribution >= 0.6 is 0 Å². The lowest BCUT2D eigenvalue weighted by molar-refractivity contribution is 0.0441. The van der Waals surface area contributed by atoms with E-state index in [1.54, 1.807) is 7.11 Å². The van der Waals surface area contributed by atoms with Crippen molar-refractivity contribution in [3.8, 4) is 0 Å². The fourth-order valence-corrected chi connectivity index (χ4v) is 3.18. The summed E-state index contributed by atoms with van der Waals surface area (Å²) in [6, 6.07) is 4.46. The summed E-state index contributed by atoms with van der Waals surface area (Å²) in [5.74, 6) is 2.53. The largest absolute Gasteiger partial charge is 0.462 e. The van der Waals surface area contributed by atoms with Crippen LogP contribution in [0.5, 0.6) is 0 Å². The highest BCUT2D eigenvalue weighted by Gasteiger charge is 2.27. The van der Waals surface area contributed by atoms with Crippen LogP contribution in [0.15, 0.2) is 16.5 Å². The first kappa shape index (κ1) is 17.5. The average Bonchev–Trinajstić information content (AvgIpc) is 2.89. The summed E-state index contributed by atoms with van der Waals surface area (Å²) >= 11 is 0. The number of hydrogen-bond donors (Lipinski definition) is 1. The average molecular weight is 310 g/mol. The lowest BCUT2D eigenvalue weighted by Crippen LogP contribution is -2.53. The van der Waals surface area contributed by atoms with Crippen LogP contribution in [-0.4, -0.2) is 60.8 Å². The SMILES string of the molecule is COCc1ccc(CN2CCN(CC(C)C)[C@H](CCO)C2)o1. The second-order valence-corrected chi connectivity index (χ2v) is 6.59. The summed E-state index contributed by atoms with van der Waals surface area (Å²) in [6.45, 7) is 10.3.